The highest BCUT2D eigenvalue weighted by atomic mass is 32.2. The van der Waals surface area contributed by atoms with Gasteiger partial charge in [0.2, 0.25) is 0 Å². The molecule has 0 unspecified atom stereocenters. The Balaban J connectivity index is 3.19. The van der Waals surface area contributed by atoms with Crippen LogP contribution in [0.2, 0.25) is 0 Å². The van der Waals surface area contributed by atoms with Crippen LogP contribution in [0.25, 0.3) is 0 Å². The summed E-state index contributed by atoms with van der Waals surface area (Å²) in [6.45, 7) is 1.59. The quantitative estimate of drug-likeness (QED) is 0.704. The van der Waals surface area contributed by atoms with Crippen molar-refractivity contribution in [3.63, 3.8) is 0 Å². The van der Waals surface area contributed by atoms with Crippen LogP contribution < -0.4 is 9.86 Å². The minimum atomic E-state index is -3.93. The largest absolute Gasteiger partial charge is 0.477 e. The number of carboxylic acids is 1. The van der Waals surface area contributed by atoms with Crippen molar-refractivity contribution < 1.29 is 18.3 Å². The number of aromatic carboxylic acids is 1. The van der Waals surface area contributed by atoms with Crippen molar-refractivity contribution in [1.29, 1.82) is 0 Å². The molecule has 0 aliphatic carbocycles. The Morgan fingerprint density at radius 1 is 1.64 bits per heavy atom. The molecule has 0 fully saturated rings. The van der Waals surface area contributed by atoms with Crippen LogP contribution in [0.1, 0.15) is 15.2 Å². The van der Waals surface area contributed by atoms with E-state index in [1.165, 1.54) is 5.38 Å². The van der Waals surface area contributed by atoms with Crippen molar-refractivity contribution in [2.45, 2.75) is 6.92 Å². The smallest absolute Gasteiger partial charge is 0.348 e. The Morgan fingerprint density at radius 2 is 2.21 bits per heavy atom. The highest BCUT2D eigenvalue weighted by molar-refractivity contribution is 7.90. The zero-order chi connectivity index (χ0) is 10.9. The second-order valence-corrected chi connectivity index (χ2v) is 4.75. The summed E-state index contributed by atoms with van der Waals surface area (Å²) in [4.78, 5) is 10.6. The van der Waals surface area contributed by atoms with Gasteiger partial charge in [-0.15, -0.1) is 11.3 Å². The van der Waals surface area contributed by atoms with Crippen LogP contribution in [-0.2, 0) is 10.2 Å². The van der Waals surface area contributed by atoms with Crippen LogP contribution in [-0.4, -0.2) is 19.5 Å². The second kappa shape index (κ2) is 3.56. The molecule has 0 aromatic carbocycles. The lowest BCUT2D eigenvalue weighted by atomic mass is 10.3. The number of nitrogens with two attached hydrogens (primary N) is 1. The molecule has 0 saturated heterocycles. The van der Waals surface area contributed by atoms with E-state index in [-0.39, 0.29) is 10.6 Å². The van der Waals surface area contributed by atoms with E-state index in [0.29, 0.717) is 5.56 Å². The molecule has 78 valence electrons. The van der Waals surface area contributed by atoms with Crippen LogP contribution in [0, 0.1) is 6.92 Å². The van der Waals surface area contributed by atoms with E-state index in [0.717, 1.165) is 11.3 Å². The fourth-order valence-electron chi connectivity index (χ4n) is 0.871. The van der Waals surface area contributed by atoms with Crippen LogP contribution >= 0.6 is 11.3 Å². The number of hydrogen-bond donors (Lipinski definition) is 3. The number of hydrogen-bond acceptors (Lipinski definition) is 4. The van der Waals surface area contributed by atoms with Crippen molar-refractivity contribution >= 4 is 33.2 Å². The van der Waals surface area contributed by atoms with Gasteiger partial charge in [0.1, 0.15) is 4.88 Å². The number of rotatable bonds is 3. The Bertz CT molecular complexity index is 462. The van der Waals surface area contributed by atoms with Crippen LogP contribution in [0.4, 0.5) is 5.69 Å². The zero-order valence-corrected chi connectivity index (χ0v) is 8.78. The van der Waals surface area contributed by atoms with Crippen molar-refractivity contribution in [1.82, 2.24) is 0 Å². The van der Waals surface area contributed by atoms with E-state index >= 15 is 0 Å². The van der Waals surface area contributed by atoms with Gasteiger partial charge in [-0.2, -0.15) is 8.42 Å². The maximum Gasteiger partial charge on any atom is 0.348 e. The van der Waals surface area contributed by atoms with Gasteiger partial charge in [0.05, 0.1) is 5.69 Å². The molecular formula is C6H8N2O4S2. The average Bonchev–Trinajstić information content (AvgIpc) is 2.29. The van der Waals surface area contributed by atoms with Gasteiger partial charge < -0.3 is 5.11 Å². The number of nitrogens with one attached hydrogen (secondary N) is 1. The fraction of sp³-hybridized carbons (Fsp3) is 0.167. The number of anilines is 1. The normalized spacial score (nSPS) is 11.3. The molecule has 0 spiro atoms. The van der Waals surface area contributed by atoms with Gasteiger partial charge in [-0.3, -0.25) is 4.72 Å². The van der Waals surface area contributed by atoms with Crippen molar-refractivity contribution in [3.8, 4) is 0 Å². The Morgan fingerprint density at radius 3 is 2.64 bits per heavy atom. The fourth-order valence-corrected chi connectivity index (χ4v) is 2.33. The zero-order valence-electron chi connectivity index (χ0n) is 7.14. The molecule has 1 aromatic rings. The van der Waals surface area contributed by atoms with Gasteiger partial charge in [0, 0.05) is 0 Å². The SMILES string of the molecule is Cc1csc(C(=O)O)c1NS(N)(=O)=O. The predicted molar refractivity (Wildman–Crippen MR) is 52.7 cm³/mol. The third kappa shape index (κ3) is 2.44. The van der Waals surface area contributed by atoms with Gasteiger partial charge in [-0.1, -0.05) is 0 Å². The molecule has 4 N–H and O–H groups in total. The highest BCUT2D eigenvalue weighted by Gasteiger charge is 2.17. The van der Waals surface area contributed by atoms with Gasteiger partial charge >= 0.3 is 5.97 Å². The van der Waals surface area contributed by atoms with Gasteiger partial charge in [-0.05, 0) is 17.9 Å². The molecule has 14 heavy (non-hydrogen) atoms. The summed E-state index contributed by atoms with van der Waals surface area (Å²) in [6, 6.07) is 0. The van der Waals surface area contributed by atoms with Gasteiger partial charge in [0.15, 0.2) is 0 Å². The Labute approximate surface area is 84.5 Å². The van der Waals surface area contributed by atoms with Gasteiger partial charge in [-0.25, -0.2) is 9.93 Å². The highest BCUT2D eigenvalue weighted by Crippen LogP contribution is 2.27. The van der Waals surface area contributed by atoms with Crippen LogP contribution in [0.5, 0.6) is 0 Å². The maximum atomic E-state index is 10.7. The Hall–Kier alpha value is -1.12. The molecule has 0 aliphatic rings. The minimum Gasteiger partial charge on any atom is -0.477 e. The molecule has 0 bridgehead atoms. The first-order valence-corrected chi connectivity index (χ1v) is 5.86. The van der Waals surface area contributed by atoms with Crippen molar-refractivity contribution in [2.75, 3.05) is 4.72 Å². The third-order valence-corrected chi connectivity index (χ3v) is 2.99. The summed E-state index contributed by atoms with van der Waals surface area (Å²) >= 11 is 0.943. The summed E-state index contributed by atoms with van der Waals surface area (Å²) in [6.07, 6.45) is 0. The summed E-state index contributed by atoms with van der Waals surface area (Å²) < 4.78 is 23.4. The van der Waals surface area contributed by atoms with Crippen molar-refractivity contribution in [3.05, 3.63) is 15.8 Å². The molecule has 0 radical (unpaired) electrons. The molecular weight excluding hydrogens is 228 g/mol. The van der Waals surface area contributed by atoms with Gasteiger partial charge in [0.25, 0.3) is 10.2 Å². The number of carboxylic acid groups (broad SMARTS) is 1. The van der Waals surface area contributed by atoms with E-state index in [1.54, 1.807) is 6.92 Å². The summed E-state index contributed by atoms with van der Waals surface area (Å²) in [5.41, 5.74) is 0.562. The van der Waals surface area contributed by atoms with E-state index in [2.05, 4.69) is 0 Å². The molecule has 0 atom stereocenters. The average molecular weight is 236 g/mol. The monoisotopic (exact) mass is 236 g/mol. The molecule has 0 saturated carbocycles. The van der Waals surface area contributed by atoms with Crippen LogP contribution in [0.15, 0.2) is 5.38 Å². The topological polar surface area (TPSA) is 109 Å². The maximum absolute atomic E-state index is 10.7. The lowest BCUT2D eigenvalue weighted by molar-refractivity contribution is 0.0703. The standard InChI is InChI=1S/C6H8N2O4S2/c1-3-2-13-5(6(9)10)4(3)8-14(7,11)12/h2,8H,1H3,(H,9,10)(H2,7,11,12). The third-order valence-electron chi connectivity index (χ3n) is 1.41. The van der Waals surface area contributed by atoms with E-state index in [4.69, 9.17) is 10.2 Å². The number of carbonyl (C=O) groups is 1. The molecule has 1 rings (SSSR count). The number of thiophene rings is 1. The number of aryl methyl sites for hydroxylation is 1. The second-order valence-electron chi connectivity index (χ2n) is 2.58. The summed E-state index contributed by atoms with van der Waals surface area (Å²) in [5.74, 6) is -1.19. The van der Waals surface area contributed by atoms with E-state index in [9.17, 15) is 13.2 Å². The summed E-state index contributed by atoms with van der Waals surface area (Å²) in [5, 5.41) is 15.0. The molecule has 1 heterocycles. The van der Waals surface area contributed by atoms with E-state index in [1.807, 2.05) is 4.72 Å². The molecule has 0 amide bonds. The van der Waals surface area contributed by atoms with Crippen LogP contribution in [0.3, 0.4) is 0 Å². The molecule has 1 aromatic heterocycles. The van der Waals surface area contributed by atoms with E-state index < -0.39 is 16.2 Å². The first-order chi connectivity index (χ1) is 6.31. The minimum absolute atomic E-state index is 0.0324. The predicted octanol–water partition coefficient (Wildman–Crippen LogP) is 0.370. The Kier molecular flexibility index (Phi) is 2.79. The molecule has 6 nitrogen and oxygen atoms in total. The molecule has 0 aliphatic heterocycles. The lowest BCUT2D eigenvalue weighted by Gasteiger charge is -2.03. The first kappa shape index (κ1) is 11.0. The summed E-state index contributed by atoms with van der Waals surface area (Å²) in [7, 11) is -3.93. The van der Waals surface area contributed by atoms with Crippen molar-refractivity contribution in [2.24, 2.45) is 5.14 Å². The first-order valence-electron chi connectivity index (χ1n) is 3.43. The lowest BCUT2D eigenvalue weighted by Crippen LogP contribution is -2.22. The molecule has 8 heteroatoms.